The van der Waals surface area contributed by atoms with Crippen molar-refractivity contribution in [2.24, 2.45) is 0 Å². The monoisotopic (exact) mass is 501 g/mol. The van der Waals surface area contributed by atoms with Crippen molar-refractivity contribution in [1.29, 1.82) is 0 Å². The Bertz CT molecular complexity index is 1170. The number of aromatic nitrogens is 1. The van der Waals surface area contributed by atoms with Gasteiger partial charge in [0.15, 0.2) is 11.4 Å². The lowest BCUT2D eigenvalue weighted by molar-refractivity contribution is 0.0657. The van der Waals surface area contributed by atoms with Gasteiger partial charge in [-0.05, 0) is 19.9 Å². The Morgan fingerprint density at radius 2 is 2.06 bits per heavy atom. The smallest absolute Gasteiger partial charge is 0.275 e. The Kier molecular flexibility index (Phi) is 7.65. The molecule has 0 saturated carbocycles. The zero-order chi connectivity index (χ0) is 24.4. The van der Waals surface area contributed by atoms with E-state index >= 15 is 0 Å². The van der Waals surface area contributed by atoms with E-state index in [0.29, 0.717) is 0 Å². The lowest BCUT2D eigenvalue weighted by atomic mass is 10.1. The van der Waals surface area contributed by atoms with Crippen LogP contribution in [0.3, 0.4) is 0 Å². The Morgan fingerprint density at radius 3 is 2.70 bits per heavy atom. The van der Waals surface area contributed by atoms with E-state index in [4.69, 9.17) is 16.3 Å². The second-order valence-electron chi connectivity index (χ2n) is 7.58. The van der Waals surface area contributed by atoms with E-state index in [0.717, 1.165) is 12.1 Å². The molecule has 0 spiro atoms. The minimum Gasteiger partial charge on any atom is -0.503 e. The molecule has 1 aromatic heterocycles. The zero-order valence-electron chi connectivity index (χ0n) is 17.8. The number of nitrogens with one attached hydrogen (secondary N) is 1. The molecular formula is C21H22ClF2N3O5S. The van der Waals surface area contributed by atoms with Crippen molar-refractivity contribution < 1.29 is 28.2 Å². The van der Waals surface area contributed by atoms with Gasteiger partial charge in [0.2, 0.25) is 5.43 Å². The highest BCUT2D eigenvalue weighted by Gasteiger charge is 2.33. The number of fused-ring (bicyclic) bond motifs is 1. The number of benzene rings is 1. The number of carbonyl (C=O) groups is 2. The molecule has 1 aliphatic heterocycles. The third-order valence-corrected chi connectivity index (χ3v) is 5.92. The van der Waals surface area contributed by atoms with Crippen molar-refractivity contribution in [3.05, 3.63) is 61.5 Å². The second-order valence-corrected chi connectivity index (χ2v) is 8.24. The van der Waals surface area contributed by atoms with Gasteiger partial charge in [0.05, 0.1) is 24.8 Å². The van der Waals surface area contributed by atoms with Crippen molar-refractivity contribution >= 4 is 36.0 Å². The molecule has 0 saturated heterocycles. The van der Waals surface area contributed by atoms with Crippen LogP contribution in [0.4, 0.5) is 8.78 Å². The summed E-state index contributed by atoms with van der Waals surface area (Å²) in [7, 11) is 0. The van der Waals surface area contributed by atoms with Crippen LogP contribution >= 0.6 is 24.2 Å². The van der Waals surface area contributed by atoms with E-state index in [-0.39, 0.29) is 48.6 Å². The standard InChI is InChI=1S/C21H22ClF2N3O5S/c1-10(2)27(9-33)21(31)17-19(29)18(28)14(13-8-32-6-5-26(13)17)20(30)25-7-11-3-4-12(23)15(22)16(11)24/h3-4,10,29,33H,5-9H2,1-2H3,(H,25,30). The summed E-state index contributed by atoms with van der Waals surface area (Å²) in [6.07, 6.45) is 0. The predicted octanol–water partition coefficient (Wildman–Crippen LogP) is 2.68. The maximum Gasteiger partial charge on any atom is 0.275 e. The van der Waals surface area contributed by atoms with Crippen molar-refractivity contribution in [2.75, 3.05) is 12.5 Å². The van der Waals surface area contributed by atoms with Gasteiger partial charge in [-0.2, -0.15) is 12.6 Å². The molecule has 2 aromatic rings. The molecule has 0 aliphatic carbocycles. The number of rotatable bonds is 6. The Labute approximate surface area is 198 Å². The summed E-state index contributed by atoms with van der Waals surface area (Å²) in [6.45, 7) is 3.27. The first-order chi connectivity index (χ1) is 15.6. The first-order valence-corrected chi connectivity index (χ1v) is 11.0. The van der Waals surface area contributed by atoms with Crippen LogP contribution in [0.5, 0.6) is 5.75 Å². The third kappa shape index (κ3) is 4.71. The van der Waals surface area contributed by atoms with E-state index in [1.54, 1.807) is 13.8 Å². The summed E-state index contributed by atoms with van der Waals surface area (Å²) in [4.78, 5) is 40.3. The number of nitrogens with zero attached hydrogens (tertiary/aromatic N) is 2. The van der Waals surface area contributed by atoms with Crippen LogP contribution in [-0.4, -0.2) is 44.9 Å². The molecule has 178 valence electrons. The predicted molar refractivity (Wildman–Crippen MR) is 120 cm³/mol. The number of pyridine rings is 1. The largest absolute Gasteiger partial charge is 0.503 e. The van der Waals surface area contributed by atoms with Gasteiger partial charge in [0.25, 0.3) is 11.8 Å². The molecule has 0 unspecified atom stereocenters. The molecule has 0 bridgehead atoms. The third-order valence-electron chi connectivity index (χ3n) is 5.27. The first-order valence-electron chi connectivity index (χ1n) is 9.98. The van der Waals surface area contributed by atoms with Gasteiger partial charge in [0.1, 0.15) is 22.2 Å². The Morgan fingerprint density at radius 1 is 1.36 bits per heavy atom. The van der Waals surface area contributed by atoms with E-state index in [1.165, 1.54) is 9.47 Å². The summed E-state index contributed by atoms with van der Waals surface area (Å²) in [6, 6.07) is 1.80. The van der Waals surface area contributed by atoms with E-state index in [1.807, 2.05) is 0 Å². The number of carbonyl (C=O) groups excluding carboxylic acids is 2. The Balaban J connectivity index is 2.02. The number of hydrogen-bond acceptors (Lipinski definition) is 6. The van der Waals surface area contributed by atoms with Crippen LogP contribution in [0.2, 0.25) is 5.02 Å². The van der Waals surface area contributed by atoms with Gasteiger partial charge in [-0.1, -0.05) is 17.7 Å². The molecule has 0 fully saturated rings. The van der Waals surface area contributed by atoms with Crippen LogP contribution in [0.25, 0.3) is 0 Å². The molecule has 8 nitrogen and oxygen atoms in total. The topological polar surface area (TPSA) is 101 Å². The van der Waals surface area contributed by atoms with Crippen LogP contribution in [-0.2, 0) is 24.4 Å². The highest BCUT2D eigenvalue weighted by atomic mass is 35.5. The normalized spacial score (nSPS) is 13.1. The van der Waals surface area contributed by atoms with Gasteiger partial charge < -0.3 is 24.6 Å². The molecule has 1 aromatic carbocycles. The van der Waals surface area contributed by atoms with Gasteiger partial charge >= 0.3 is 0 Å². The fourth-order valence-electron chi connectivity index (χ4n) is 3.49. The van der Waals surface area contributed by atoms with Gasteiger partial charge in [-0.3, -0.25) is 14.4 Å². The van der Waals surface area contributed by atoms with Crippen molar-refractivity contribution in [3.8, 4) is 5.75 Å². The minimum atomic E-state index is -1.06. The molecule has 33 heavy (non-hydrogen) atoms. The van der Waals surface area contributed by atoms with Crippen LogP contribution in [0.15, 0.2) is 16.9 Å². The van der Waals surface area contributed by atoms with E-state index in [9.17, 15) is 28.3 Å². The Hall–Kier alpha value is -2.63. The summed E-state index contributed by atoms with van der Waals surface area (Å²) in [5.74, 6) is -4.35. The fourth-order valence-corrected chi connectivity index (χ4v) is 4.13. The van der Waals surface area contributed by atoms with Gasteiger partial charge in [-0.25, -0.2) is 8.78 Å². The molecule has 2 heterocycles. The zero-order valence-corrected chi connectivity index (χ0v) is 19.5. The number of thiol groups is 1. The van der Waals surface area contributed by atoms with Crippen molar-refractivity contribution in [1.82, 2.24) is 14.8 Å². The molecule has 0 radical (unpaired) electrons. The SMILES string of the molecule is CC(C)N(CS)C(=O)c1c(O)c(=O)c(C(=O)NCc2ccc(F)c(Cl)c2F)c2n1CCOC2. The van der Waals surface area contributed by atoms with E-state index < -0.39 is 51.8 Å². The molecule has 12 heteroatoms. The second kappa shape index (κ2) is 10.1. The van der Waals surface area contributed by atoms with Crippen LogP contribution in [0.1, 0.15) is 46.0 Å². The van der Waals surface area contributed by atoms with Crippen molar-refractivity contribution in [2.45, 2.75) is 39.6 Å². The average molecular weight is 502 g/mol. The first kappa shape index (κ1) is 25.0. The molecule has 2 amide bonds. The maximum atomic E-state index is 14.2. The maximum absolute atomic E-state index is 14.2. The van der Waals surface area contributed by atoms with Crippen molar-refractivity contribution in [3.63, 3.8) is 0 Å². The van der Waals surface area contributed by atoms with Crippen LogP contribution < -0.4 is 10.7 Å². The summed E-state index contributed by atoms with van der Waals surface area (Å²) in [5, 5.41) is 12.3. The average Bonchev–Trinajstić information content (AvgIpc) is 2.78. The molecule has 2 N–H and O–H groups in total. The lowest BCUT2D eigenvalue weighted by Gasteiger charge is -2.30. The fraction of sp³-hybridized carbons (Fsp3) is 0.381. The molecule has 0 atom stereocenters. The molecule has 1 aliphatic rings. The quantitative estimate of drug-likeness (QED) is 0.321. The van der Waals surface area contributed by atoms with Gasteiger partial charge in [-0.15, -0.1) is 0 Å². The highest BCUT2D eigenvalue weighted by Crippen LogP contribution is 2.25. The number of ether oxygens (including phenoxy) is 1. The highest BCUT2D eigenvalue weighted by molar-refractivity contribution is 7.80. The van der Waals surface area contributed by atoms with Crippen LogP contribution in [0, 0.1) is 11.6 Å². The summed E-state index contributed by atoms with van der Waals surface area (Å²) < 4.78 is 34.3. The van der Waals surface area contributed by atoms with E-state index in [2.05, 4.69) is 17.9 Å². The number of amides is 2. The summed E-state index contributed by atoms with van der Waals surface area (Å²) in [5.41, 5.74) is -1.75. The van der Waals surface area contributed by atoms with Gasteiger partial charge in [0, 0.05) is 24.7 Å². The lowest BCUT2D eigenvalue weighted by Crippen LogP contribution is -2.41. The molecule has 3 rings (SSSR count). The summed E-state index contributed by atoms with van der Waals surface area (Å²) >= 11 is 9.71. The molecular weight excluding hydrogens is 480 g/mol. The number of halogens is 3. The number of aromatic hydroxyl groups is 1. The minimum absolute atomic E-state index is 0.0456. The number of hydrogen-bond donors (Lipinski definition) is 3.